The first-order chi connectivity index (χ1) is 13.1. The summed E-state index contributed by atoms with van der Waals surface area (Å²) in [6, 6.07) is 17.0. The molecule has 27 heavy (non-hydrogen) atoms. The molecule has 1 amide bonds. The molecular formula is C23H21N3O. The molecule has 0 saturated carbocycles. The van der Waals surface area contributed by atoms with Gasteiger partial charge >= 0.3 is 0 Å². The minimum Gasteiger partial charge on any atom is -0.338 e. The average molecular weight is 355 g/mol. The number of hydrogen-bond acceptors (Lipinski definition) is 2. The smallest absolute Gasteiger partial charge is 0.222 e. The number of aryl methyl sites for hydroxylation is 3. The van der Waals surface area contributed by atoms with Crippen LogP contribution in [0.2, 0.25) is 0 Å². The molecule has 134 valence electrons. The lowest BCUT2D eigenvalue weighted by Crippen LogP contribution is -2.10. The van der Waals surface area contributed by atoms with Crippen molar-refractivity contribution in [3.63, 3.8) is 0 Å². The van der Waals surface area contributed by atoms with Crippen LogP contribution in [0.3, 0.4) is 0 Å². The highest BCUT2D eigenvalue weighted by atomic mass is 16.1. The Hall–Kier alpha value is -3.14. The van der Waals surface area contributed by atoms with Crippen molar-refractivity contribution in [1.82, 2.24) is 9.55 Å². The summed E-state index contributed by atoms with van der Waals surface area (Å²) in [6.45, 7) is 4.60. The molecule has 4 nitrogen and oxygen atoms in total. The fourth-order valence-electron chi connectivity index (χ4n) is 4.27. The molecule has 0 aliphatic carbocycles. The Morgan fingerprint density at radius 3 is 2.67 bits per heavy atom. The summed E-state index contributed by atoms with van der Waals surface area (Å²) in [5.74, 6) is 0.500. The van der Waals surface area contributed by atoms with Gasteiger partial charge in [-0.25, -0.2) is 4.98 Å². The van der Waals surface area contributed by atoms with E-state index in [1.165, 1.54) is 29.0 Å². The first-order valence-electron chi connectivity index (χ1n) is 9.41. The molecule has 0 atom stereocenters. The summed E-state index contributed by atoms with van der Waals surface area (Å²) in [6.07, 6.45) is 2.25. The number of rotatable bonds is 2. The molecule has 1 aliphatic rings. The number of anilines is 1. The van der Waals surface area contributed by atoms with Crippen LogP contribution in [0.15, 0.2) is 48.5 Å². The maximum absolute atomic E-state index is 11.7. The third kappa shape index (κ3) is 2.52. The topological polar surface area (TPSA) is 46.9 Å². The number of para-hydroxylation sites is 1. The highest BCUT2D eigenvalue weighted by molar-refractivity contribution is 6.14. The zero-order valence-electron chi connectivity index (χ0n) is 15.5. The quantitative estimate of drug-likeness (QED) is 0.546. The Kier molecular flexibility index (Phi) is 3.54. The van der Waals surface area contributed by atoms with Crippen LogP contribution in [0.25, 0.3) is 33.1 Å². The second-order valence-electron chi connectivity index (χ2n) is 7.37. The van der Waals surface area contributed by atoms with Gasteiger partial charge < -0.3 is 9.88 Å². The number of hydrogen-bond donors (Lipinski definition) is 1. The number of carbonyl (C=O) groups excluding carboxylic acids is 1. The van der Waals surface area contributed by atoms with Crippen LogP contribution in [0.5, 0.6) is 0 Å². The second kappa shape index (κ2) is 5.95. The van der Waals surface area contributed by atoms with Crippen molar-refractivity contribution in [2.45, 2.75) is 33.2 Å². The monoisotopic (exact) mass is 355 g/mol. The maximum Gasteiger partial charge on any atom is 0.222 e. The van der Waals surface area contributed by atoms with Crippen molar-refractivity contribution in [2.24, 2.45) is 0 Å². The van der Waals surface area contributed by atoms with E-state index in [1.54, 1.807) is 0 Å². The highest BCUT2D eigenvalue weighted by Gasteiger charge is 2.22. The first kappa shape index (κ1) is 16.1. The molecule has 3 heterocycles. The van der Waals surface area contributed by atoms with Gasteiger partial charge in [-0.3, -0.25) is 4.79 Å². The highest BCUT2D eigenvalue weighted by Crippen LogP contribution is 2.39. The van der Waals surface area contributed by atoms with Crippen molar-refractivity contribution < 1.29 is 4.79 Å². The largest absolute Gasteiger partial charge is 0.338 e. The van der Waals surface area contributed by atoms with Gasteiger partial charge in [0.05, 0.1) is 16.7 Å². The standard InChI is InChI=1S/C23H21N3O/c1-14-8-10-16(11-9-14)21-23-19(13-20(25-21)24-15(2)27)18-7-3-5-17-6-4-12-26(23)22(17)18/h3,5,7-11,13H,4,6,12H2,1-2H3,(H,24,25,27). The van der Waals surface area contributed by atoms with Gasteiger partial charge in [-0.05, 0) is 31.4 Å². The van der Waals surface area contributed by atoms with Crippen LogP contribution in [0.4, 0.5) is 5.82 Å². The van der Waals surface area contributed by atoms with Gasteiger partial charge in [-0.2, -0.15) is 0 Å². The van der Waals surface area contributed by atoms with Gasteiger partial charge in [-0.15, -0.1) is 0 Å². The molecule has 0 bridgehead atoms. The van der Waals surface area contributed by atoms with E-state index in [0.29, 0.717) is 5.82 Å². The molecule has 0 fully saturated rings. The summed E-state index contributed by atoms with van der Waals surface area (Å²) < 4.78 is 2.42. The van der Waals surface area contributed by atoms with Crippen LogP contribution in [0, 0.1) is 6.92 Å². The third-order valence-electron chi connectivity index (χ3n) is 5.40. The lowest BCUT2D eigenvalue weighted by Gasteiger charge is -2.17. The summed E-state index contributed by atoms with van der Waals surface area (Å²) in [5.41, 5.74) is 7.09. The number of benzene rings is 2. The van der Waals surface area contributed by atoms with E-state index in [1.807, 2.05) is 6.07 Å². The Morgan fingerprint density at radius 1 is 1.07 bits per heavy atom. The SMILES string of the molecule is CC(=O)Nc1cc2c3cccc4c3n(c2c(-c2ccc(C)cc2)n1)CCC4. The van der Waals surface area contributed by atoms with E-state index in [0.717, 1.165) is 41.5 Å². The second-order valence-corrected chi connectivity index (χ2v) is 7.37. The summed E-state index contributed by atoms with van der Waals surface area (Å²) in [5, 5.41) is 5.28. The number of nitrogens with one attached hydrogen (secondary N) is 1. The number of fused-ring (bicyclic) bond motifs is 3. The van der Waals surface area contributed by atoms with Crippen molar-refractivity contribution in [2.75, 3.05) is 5.32 Å². The zero-order valence-corrected chi connectivity index (χ0v) is 15.5. The molecule has 0 spiro atoms. The van der Waals surface area contributed by atoms with Crippen LogP contribution in [0.1, 0.15) is 24.5 Å². The molecule has 0 radical (unpaired) electrons. The molecule has 1 aliphatic heterocycles. The van der Waals surface area contributed by atoms with Gasteiger partial charge in [-0.1, -0.05) is 48.0 Å². The summed E-state index contributed by atoms with van der Waals surface area (Å²) in [4.78, 5) is 16.5. The van der Waals surface area contributed by atoms with Crippen LogP contribution < -0.4 is 5.32 Å². The lowest BCUT2D eigenvalue weighted by atomic mass is 10.0. The van der Waals surface area contributed by atoms with Gasteiger partial charge in [0.2, 0.25) is 5.91 Å². The fourth-order valence-corrected chi connectivity index (χ4v) is 4.27. The Bertz CT molecular complexity index is 1200. The van der Waals surface area contributed by atoms with Crippen LogP contribution in [-0.2, 0) is 17.8 Å². The number of amides is 1. The number of aromatic nitrogens is 2. The lowest BCUT2D eigenvalue weighted by molar-refractivity contribution is -0.114. The Labute approximate surface area is 157 Å². The minimum absolute atomic E-state index is 0.106. The van der Waals surface area contributed by atoms with E-state index in [2.05, 4.69) is 59.3 Å². The van der Waals surface area contributed by atoms with Crippen molar-refractivity contribution in [3.05, 3.63) is 59.7 Å². The fraction of sp³-hybridized carbons (Fsp3) is 0.217. The van der Waals surface area contributed by atoms with Gasteiger partial charge in [0.15, 0.2) is 0 Å². The van der Waals surface area contributed by atoms with E-state index >= 15 is 0 Å². The molecule has 4 heteroatoms. The predicted octanol–water partition coefficient (Wildman–Crippen LogP) is 5.07. The number of pyridine rings is 1. The minimum atomic E-state index is -0.106. The molecule has 4 aromatic rings. The van der Waals surface area contributed by atoms with E-state index < -0.39 is 0 Å². The molecule has 1 N–H and O–H groups in total. The van der Waals surface area contributed by atoms with Crippen molar-refractivity contribution in [1.29, 1.82) is 0 Å². The number of nitrogens with zero attached hydrogens (tertiary/aromatic N) is 2. The Morgan fingerprint density at radius 2 is 1.89 bits per heavy atom. The Balaban J connectivity index is 1.91. The number of carbonyl (C=O) groups is 1. The van der Waals surface area contributed by atoms with Crippen molar-refractivity contribution in [3.8, 4) is 11.3 Å². The maximum atomic E-state index is 11.7. The zero-order chi connectivity index (χ0) is 18.5. The third-order valence-corrected chi connectivity index (χ3v) is 5.40. The van der Waals surface area contributed by atoms with Crippen LogP contribution >= 0.6 is 0 Å². The summed E-state index contributed by atoms with van der Waals surface area (Å²) in [7, 11) is 0. The summed E-state index contributed by atoms with van der Waals surface area (Å²) >= 11 is 0. The molecule has 0 saturated heterocycles. The molecule has 2 aromatic carbocycles. The normalized spacial score (nSPS) is 13.3. The van der Waals surface area contributed by atoms with Gasteiger partial charge in [0, 0.05) is 29.8 Å². The molecule has 2 aromatic heterocycles. The van der Waals surface area contributed by atoms with E-state index in [-0.39, 0.29) is 5.91 Å². The van der Waals surface area contributed by atoms with Crippen molar-refractivity contribution >= 4 is 33.5 Å². The average Bonchev–Trinajstić information content (AvgIpc) is 2.98. The van der Waals surface area contributed by atoms with E-state index in [4.69, 9.17) is 4.98 Å². The molecular weight excluding hydrogens is 334 g/mol. The van der Waals surface area contributed by atoms with E-state index in [9.17, 15) is 4.79 Å². The predicted molar refractivity (Wildman–Crippen MR) is 110 cm³/mol. The molecule has 0 unspecified atom stereocenters. The van der Waals surface area contributed by atoms with Crippen LogP contribution in [-0.4, -0.2) is 15.5 Å². The van der Waals surface area contributed by atoms with Gasteiger partial charge in [0.25, 0.3) is 0 Å². The first-order valence-corrected chi connectivity index (χ1v) is 9.41. The molecule has 5 rings (SSSR count). The van der Waals surface area contributed by atoms with Gasteiger partial charge in [0.1, 0.15) is 5.82 Å².